The topological polar surface area (TPSA) is 20.3 Å². The summed E-state index contributed by atoms with van der Waals surface area (Å²) in [5.41, 5.74) is 0. The standard InChI is InChI=1S/C12H21NO/c1-4-11-5-7-13(8-6-11)12(14)9-10(2)3/h4,10-11H,1,5-9H2,2-3H3. The Morgan fingerprint density at radius 3 is 2.50 bits per heavy atom. The van der Waals surface area contributed by atoms with Crippen LogP contribution in [0.15, 0.2) is 12.7 Å². The first kappa shape index (κ1) is 11.3. The van der Waals surface area contributed by atoms with Crippen molar-refractivity contribution in [1.29, 1.82) is 0 Å². The van der Waals surface area contributed by atoms with E-state index in [9.17, 15) is 4.79 Å². The predicted octanol–water partition coefficient (Wildman–Crippen LogP) is 2.46. The molecule has 0 spiro atoms. The van der Waals surface area contributed by atoms with Gasteiger partial charge in [-0.3, -0.25) is 4.79 Å². The zero-order valence-electron chi connectivity index (χ0n) is 9.33. The van der Waals surface area contributed by atoms with Gasteiger partial charge in [0.15, 0.2) is 0 Å². The monoisotopic (exact) mass is 195 g/mol. The Hall–Kier alpha value is -0.790. The van der Waals surface area contributed by atoms with Crippen molar-refractivity contribution in [2.45, 2.75) is 33.1 Å². The van der Waals surface area contributed by atoms with Crippen molar-refractivity contribution in [2.24, 2.45) is 11.8 Å². The molecular weight excluding hydrogens is 174 g/mol. The fourth-order valence-corrected chi connectivity index (χ4v) is 1.86. The summed E-state index contributed by atoms with van der Waals surface area (Å²) in [6, 6.07) is 0. The molecule has 0 saturated carbocycles. The van der Waals surface area contributed by atoms with Crippen molar-refractivity contribution < 1.29 is 4.79 Å². The molecule has 80 valence electrons. The molecule has 0 aliphatic carbocycles. The van der Waals surface area contributed by atoms with Crippen LogP contribution in [0, 0.1) is 11.8 Å². The van der Waals surface area contributed by atoms with E-state index in [1.807, 2.05) is 11.0 Å². The van der Waals surface area contributed by atoms with Crippen LogP contribution in [0.4, 0.5) is 0 Å². The van der Waals surface area contributed by atoms with Crippen LogP contribution in [0.3, 0.4) is 0 Å². The Morgan fingerprint density at radius 1 is 1.50 bits per heavy atom. The van der Waals surface area contributed by atoms with Gasteiger partial charge in [0.05, 0.1) is 0 Å². The van der Waals surface area contributed by atoms with Crippen LogP contribution in [0.1, 0.15) is 33.1 Å². The Morgan fingerprint density at radius 2 is 2.07 bits per heavy atom. The van der Waals surface area contributed by atoms with E-state index in [2.05, 4.69) is 20.4 Å². The molecule has 1 aliphatic rings. The van der Waals surface area contributed by atoms with Gasteiger partial charge < -0.3 is 4.90 Å². The number of carbonyl (C=O) groups excluding carboxylic acids is 1. The first-order valence-corrected chi connectivity index (χ1v) is 5.53. The molecule has 0 aromatic carbocycles. The average Bonchev–Trinajstić information content (AvgIpc) is 2.17. The summed E-state index contributed by atoms with van der Waals surface area (Å²) >= 11 is 0. The van der Waals surface area contributed by atoms with E-state index in [-0.39, 0.29) is 0 Å². The van der Waals surface area contributed by atoms with E-state index >= 15 is 0 Å². The second-order valence-corrected chi connectivity index (χ2v) is 4.55. The lowest BCUT2D eigenvalue weighted by Gasteiger charge is -2.31. The molecule has 0 aromatic heterocycles. The normalized spacial score (nSPS) is 18.6. The van der Waals surface area contributed by atoms with Crippen LogP contribution in [-0.2, 0) is 4.79 Å². The summed E-state index contributed by atoms with van der Waals surface area (Å²) in [5, 5.41) is 0. The first-order chi connectivity index (χ1) is 6.63. The van der Waals surface area contributed by atoms with Gasteiger partial charge in [-0.1, -0.05) is 19.9 Å². The van der Waals surface area contributed by atoms with Gasteiger partial charge in [0.25, 0.3) is 0 Å². The summed E-state index contributed by atoms with van der Waals surface area (Å²) in [6.45, 7) is 9.82. The largest absolute Gasteiger partial charge is 0.343 e. The van der Waals surface area contributed by atoms with Gasteiger partial charge in [-0.25, -0.2) is 0 Å². The van der Waals surface area contributed by atoms with Crippen molar-refractivity contribution in [1.82, 2.24) is 4.90 Å². The van der Waals surface area contributed by atoms with Crippen LogP contribution in [-0.4, -0.2) is 23.9 Å². The highest BCUT2D eigenvalue weighted by atomic mass is 16.2. The number of allylic oxidation sites excluding steroid dienone is 1. The molecule has 0 unspecified atom stereocenters. The van der Waals surface area contributed by atoms with Crippen molar-refractivity contribution in [3.8, 4) is 0 Å². The molecular formula is C12H21NO. The molecule has 1 amide bonds. The van der Waals surface area contributed by atoms with E-state index in [4.69, 9.17) is 0 Å². The van der Waals surface area contributed by atoms with Crippen molar-refractivity contribution in [3.05, 3.63) is 12.7 Å². The molecule has 2 heteroatoms. The van der Waals surface area contributed by atoms with Gasteiger partial charge in [-0.2, -0.15) is 0 Å². The van der Waals surface area contributed by atoms with Crippen LogP contribution < -0.4 is 0 Å². The fourth-order valence-electron chi connectivity index (χ4n) is 1.86. The van der Waals surface area contributed by atoms with Crippen molar-refractivity contribution in [3.63, 3.8) is 0 Å². The van der Waals surface area contributed by atoms with E-state index in [0.717, 1.165) is 25.9 Å². The van der Waals surface area contributed by atoms with Gasteiger partial charge >= 0.3 is 0 Å². The molecule has 0 N–H and O–H groups in total. The van der Waals surface area contributed by atoms with E-state index < -0.39 is 0 Å². The highest BCUT2D eigenvalue weighted by Gasteiger charge is 2.21. The molecule has 0 aromatic rings. The number of hydrogen-bond acceptors (Lipinski definition) is 1. The van der Waals surface area contributed by atoms with E-state index in [1.165, 1.54) is 0 Å². The van der Waals surface area contributed by atoms with Crippen LogP contribution in [0.2, 0.25) is 0 Å². The maximum Gasteiger partial charge on any atom is 0.222 e. The lowest BCUT2D eigenvalue weighted by atomic mass is 9.96. The maximum absolute atomic E-state index is 11.7. The smallest absolute Gasteiger partial charge is 0.222 e. The van der Waals surface area contributed by atoms with Crippen molar-refractivity contribution >= 4 is 5.91 Å². The second-order valence-electron chi connectivity index (χ2n) is 4.55. The zero-order valence-corrected chi connectivity index (χ0v) is 9.33. The summed E-state index contributed by atoms with van der Waals surface area (Å²) in [5.74, 6) is 1.42. The summed E-state index contributed by atoms with van der Waals surface area (Å²) < 4.78 is 0. The average molecular weight is 195 g/mol. The minimum atomic E-state index is 0.322. The third-order valence-electron chi connectivity index (χ3n) is 2.81. The van der Waals surface area contributed by atoms with Crippen molar-refractivity contribution in [2.75, 3.05) is 13.1 Å². The lowest BCUT2D eigenvalue weighted by molar-refractivity contribution is -0.133. The van der Waals surface area contributed by atoms with Gasteiger partial charge in [-0.15, -0.1) is 6.58 Å². The second kappa shape index (κ2) is 5.18. The SMILES string of the molecule is C=CC1CCN(C(=O)CC(C)C)CC1. The number of piperidine rings is 1. The van der Waals surface area contributed by atoms with Crippen LogP contribution in [0.5, 0.6) is 0 Å². The highest BCUT2D eigenvalue weighted by molar-refractivity contribution is 5.76. The van der Waals surface area contributed by atoms with E-state index in [1.54, 1.807) is 0 Å². The first-order valence-electron chi connectivity index (χ1n) is 5.53. The Kier molecular flexibility index (Phi) is 4.18. The Labute approximate surface area is 87.0 Å². The summed E-state index contributed by atoms with van der Waals surface area (Å²) in [6.07, 6.45) is 4.89. The predicted molar refractivity (Wildman–Crippen MR) is 59.0 cm³/mol. The number of rotatable bonds is 3. The Balaban J connectivity index is 2.34. The van der Waals surface area contributed by atoms with Gasteiger partial charge in [-0.05, 0) is 24.7 Å². The van der Waals surface area contributed by atoms with Crippen LogP contribution >= 0.6 is 0 Å². The number of amides is 1. The van der Waals surface area contributed by atoms with Gasteiger partial charge in [0.2, 0.25) is 5.91 Å². The Bertz CT molecular complexity index is 202. The summed E-state index contributed by atoms with van der Waals surface area (Å²) in [7, 11) is 0. The van der Waals surface area contributed by atoms with Gasteiger partial charge in [0.1, 0.15) is 0 Å². The van der Waals surface area contributed by atoms with Gasteiger partial charge in [0, 0.05) is 19.5 Å². The zero-order chi connectivity index (χ0) is 10.6. The molecule has 1 saturated heterocycles. The quantitative estimate of drug-likeness (QED) is 0.633. The number of carbonyl (C=O) groups is 1. The lowest BCUT2D eigenvalue weighted by Crippen LogP contribution is -2.38. The van der Waals surface area contributed by atoms with E-state index in [0.29, 0.717) is 24.2 Å². The molecule has 1 aliphatic heterocycles. The molecule has 0 radical (unpaired) electrons. The molecule has 14 heavy (non-hydrogen) atoms. The molecule has 1 fully saturated rings. The molecule has 1 rings (SSSR count). The number of nitrogens with zero attached hydrogens (tertiary/aromatic N) is 1. The minimum Gasteiger partial charge on any atom is -0.343 e. The van der Waals surface area contributed by atoms with Crippen LogP contribution in [0.25, 0.3) is 0 Å². The molecule has 2 nitrogen and oxygen atoms in total. The number of hydrogen-bond donors (Lipinski definition) is 0. The minimum absolute atomic E-state index is 0.322. The molecule has 0 atom stereocenters. The third kappa shape index (κ3) is 3.17. The molecule has 0 bridgehead atoms. The summed E-state index contributed by atoms with van der Waals surface area (Å²) in [4.78, 5) is 13.7. The maximum atomic E-state index is 11.7. The highest BCUT2D eigenvalue weighted by Crippen LogP contribution is 2.19. The number of likely N-dealkylation sites (tertiary alicyclic amines) is 1. The third-order valence-corrected chi connectivity index (χ3v) is 2.81. The fraction of sp³-hybridized carbons (Fsp3) is 0.750. The molecule has 1 heterocycles.